The van der Waals surface area contributed by atoms with E-state index in [0.29, 0.717) is 11.4 Å². The van der Waals surface area contributed by atoms with Crippen LogP contribution in [-0.2, 0) is 0 Å². The molecule has 0 unspecified atom stereocenters. The topological polar surface area (TPSA) is 70.4 Å². The van der Waals surface area contributed by atoms with Crippen LogP contribution in [0, 0.1) is 10.6 Å². The third-order valence-corrected chi connectivity index (χ3v) is 4.59. The molecule has 4 rings (SSSR count). The van der Waals surface area contributed by atoms with Gasteiger partial charge >= 0.3 is 0 Å². The van der Waals surface area contributed by atoms with Crippen LogP contribution in [0.2, 0.25) is 0 Å². The van der Waals surface area contributed by atoms with E-state index in [1.54, 1.807) is 0 Å². The van der Waals surface area contributed by atoms with Gasteiger partial charge in [0.05, 0.1) is 11.4 Å². The first-order chi connectivity index (χ1) is 13.5. The van der Waals surface area contributed by atoms with E-state index in [2.05, 4.69) is 9.98 Å². The van der Waals surface area contributed by atoms with Crippen LogP contribution in [0.25, 0.3) is 16.5 Å². The minimum Gasteiger partial charge on any atom is -0.494 e. The van der Waals surface area contributed by atoms with E-state index in [1.165, 1.54) is 35.0 Å². The van der Waals surface area contributed by atoms with Crippen LogP contribution in [0.15, 0.2) is 76.5 Å². The Hall–Kier alpha value is -3.58. The Morgan fingerprint density at radius 1 is 1.04 bits per heavy atom. The van der Waals surface area contributed by atoms with Crippen LogP contribution in [-0.4, -0.2) is 20.9 Å². The van der Waals surface area contributed by atoms with Crippen LogP contribution in [0.5, 0.6) is 5.88 Å². The van der Waals surface area contributed by atoms with Crippen LogP contribution >= 0.6 is 12.2 Å². The molecule has 3 aromatic carbocycles. The third kappa shape index (κ3) is 3.23. The SMILES string of the molecule is O=c1[nH]c(=S)n(-c2ccc(F)cc2)c(O)c1C=Nc1cccc2ccccc12. The summed E-state index contributed by atoms with van der Waals surface area (Å²) in [6.45, 7) is 0. The number of aromatic amines is 1. The Morgan fingerprint density at radius 3 is 2.54 bits per heavy atom. The standard InChI is InChI=1S/C21H14FN3O2S/c22-14-8-10-15(11-9-14)25-20(27)17(19(26)24-21(25)28)12-23-18-7-3-5-13-4-1-2-6-16(13)18/h1-12,27H,(H,24,26,28). The number of aliphatic imine (C=N–C) groups is 1. The molecule has 138 valence electrons. The fraction of sp³-hybridized carbons (Fsp3) is 0. The molecule has 1 heterocycles. The molecule has 0 fully saturated rings. The predicted octanol–water partition coefficient (Wildman–Crippen LogP) is 4.64. The average molecular weight is 391 g/mol. The number of nitrogens with one attached hydrogen (secondary N) is 1. The van der Waals surface area contributed by atoms with Gasteiger partial charge in [-0.05, 0) is 47.9 Å². The maximum Gasteiger partial charge on any atom is 0.264 e. The van der Waals surface area contributed by atoms with Gasteiger partial charge in [-0.3, -0.25) is 19.3 Å². The molecule has 0 amide bonds. The van der Waals surface area contributed by atoms with Crippen molar-refractivity contribution in [3.05, 3.63) is 93.2 Å². The highest BCUT2D eigenvalue weighted by Gasteiger charge is 2.13. The largest absolute Gasteiger partial charge is 0.494 e. The molecule has 5 nitrogen and oxygen atoms in total. The van der Waals surface area contributed by atoms with Gasteiger partial charge in [-0.25, -0.2) is 4.39 Å². The molecule has 0 aliphatic carbocycles. The zero-order chi connectivity index (χ0) is 19.7. The van der Waals surface area contributed by atoms with Crippen LogP contribution in [0.4, 0.5) is 10.1 Å². The second kappa shape index (κ2) is 7.21. The first-order valence-electron chi connectivity index (χ1n) is 8.40. The highest BCUT2D eigenvalue weighted by molar-refractivity contribution is 7.71. The van der Waals surface area contributed by atoms with E-state index >= 15 is 0 Å². The minimum atomic E-state index is -0.565. The molecular formula is C21H14FN3O2S. The van der Waals surface area contributed by atoms with Crippen molar-refractivity contribution in [2.24, 2.45) is 4.99 Å². The zero-order valence-corrected chi connectivity index (χ0v) is 15.3. The molecule has 0 radical (unpaired) electrons. The molecule has 28 heavy (non-hydrogen) atoms. The number of halogens is 1. The lowest BCUT2D eigenvalue weighted by Gasteiger charge is -2.11. The smallest absolute Gasteiger partial charge is 0.264 e. The minimum absolute atomic E-state index is 0.00332. The van der Waals surface area contributed by atoms with Crippen LogP contribution < -0.4 is 5.56 Å². The number of aromatic nitrogens is 2. The van der Waals surface area contributed by atoms with Crippen molar-refractivity contribution in [3.8, 4) is 11.6 Å². The Kier molecular flexibility index (Phi) is 4.58. The summed E-state index contributed by atoms with van der Waals surface area (Å²) in [6, 6.07) is 18.8. The fourth-order valence-electron chi connectivity index (χ4n) is 2.94. The van der Waals surface area contributed by atoms with Gasteiger partial charge in [0.25, 0.3) is 5.56 Å². The summed E-state index contributed by atoms with van der Waals surface area (Å²) in [5.74, 6) is -0.790. The molecule has 7 heteroatoms. The van der Waals surface area contributed by atoms with Crippen LogP contribution in [0.1, 0.15) is 5.56 Å². The molecule has 0 atom stereocenters. The number of rotatable bonds is 3. The summed E-state index contributed by atoms with van der Waals surface area (Å²) in [5.41, 5.74) is 0.461. The number of fused-ring (bicyclic) bond motifs is 1. The second-order valence-corrected chi connectivity index (χ2v) is 6.45. The summed E-state index contributed by atoms with van der Waals surface area (Å²) in [4.78, 5) is 19.2. The number of hydrogen-bond donors (Lipinski definition) is 2. The van der Waals surface area contributed by atoms with E-state index in [4.69, 9.17) is 12.2 Å². The quantitative estimate of drug-likeness (QED) is 0.395. The lowest BCUT2D eigenvalue weighted by atomic mass is 10.1. The first-order valence-corrected chi connectivity index (χ1v) is 8.81. The van der Waals surface area contributed by atoms with E-state index in [9.17, 15) is 14.3 Å². The summed E-state index contributed by atoms with van der Waals surface area (Å²) >= 11 is 5.15. The van der Waals surface area contributed by atoms with Gasteiger partial charge in [0.15, 0.2) is 4.77 Å². The van der Waals surface area contributed by atoms with Crippen molar-refractivity contribution in [1.82, 2.24) is 9.55 Å². The molecule has 0 saturated carbocycles. The third-order valence-electron chi connectivity index (χ3n) is 4.31. The molecule has 0 aliphatic rings. The van der Waals surface area contributed by atoms with Crippen molar-refractivity contribution >= 4 is 34.9 Å². The molecule has 0 bridgehead atoms. The van der Waals surface area contributed by atoms with E-state index in [0.717, 1.165) is 10.8 Å². The molecule has 2 N–H and O–H groups in total. The van der Waals surface area contributed by atoms with Gasteiger partial charge in [0, 0.05) is 11.6 Å². The fourth-order valence-corrected chi connectivity index (χ4v) is 3.22. The monoisotopic (exact) mass is 391 g/mol. The molecular weight excluding hydrogens is 377 g/mol. The molecule has 0 aliphatic heterocycles. The van der Waals surface area contributed by atoms with Gasteiger partial charge < -0.3 is 5.11 Å². The van der Waals surface area contributed by atoms with Crippen molar-refractivity contribution in [2.75, 3.05) is 0 Å². The predicted molar refractivity (Wildman–Crippen MR) is 110 cm³/mol. The number of aromatic hydroxyl groups is 1. The maximum absolute atomic E-state index is 13.2. The van der Waals surface area contributed by atoms with Gasteiger partial charge in [0.2, 0.25) is 5.88 Å². The Morgan fingerprint density at radius 2 is 1.75 bits per heavy atom. The highest BCUT2D eigenvalue weighted by atomic mass is 32.1. The van der Waals surface area contributed by atoms with E-state index < -0.39 is 11.4 Å². The average Bonchev–Trinajstić information content (AvgIpc) is 2.69. The molecule has 1 aromatic heterocycles. The number of hydrogen-bond acceptors (Lipinski definition) is 4. The van der Waals surface area contributed by atoms with Gasteiger partial charge in [-0.1, -0.05) is 36.4 Å². The maximum atomic E-state index is 13.2. The van der Waals surface area contributed by atoms with Gasteiger partial charge in [-0.15, -0.1) is 0 Å². The summed E-state index contributed by atoms with van der Waals surface area (Å²) in [5, 5.41) is 12.6. The zero-order valence-electron chi connectivity index (χ0n) is 14.5. The van der Waals surface area contributed by atoms with Crippen molar-refractivity contribution in [1.29, 1.82) is 0 Å². The second-order valence-electron chi connectivity index (χ2n) is 6.06. The first kappa shape index (κ1) is 17.8. The lowest BCUT2D eigenvalue weighted by molar-refractivity contribution is 0.432. The van der Waals surface area contributed by atoms with Crippen molar-refractivity contribution in [2.45, 2.75) is 0 Å². The van der Waals surface area contributed by atoms with E-state index in [-0.39, 0.29) is 16.2 Å². The van der Waals surface area contributed by atoms with Gasteiger partial charge in [0.1, 0.15) is 11.4 Å². The normalized spacial score (nSPS) is 11.3. The number of H-pyrrole nitrogens is 1. The Bertz CT molecular complexity index is 1320. The highest BCUT2D eigenvalue weighted by Crippen LogP contribution is 2.26. The van der Waals surface area contributed by atoms with Crippen molar-refractivity contribution in [3.63, 3.8) is 0 Å². The summed E-state index contributed by atoms with van der Waals surface area (Å²) < 4.78 is 14.5. The Labute approximate surface area is 164 Å². The van der Waals surface area contributed by atoms with E-state index in [1.807, 2.05) is 42.5 Å². The number of benzene rings is 3. The lowest BCUT2D eigenvalue weighted by Crippen LogP contribution is -2.18. The van der Waals surface area contributed by atoms with Crippen molar-refractivity contribution < 1.29 is 9.50 Å². The molecule has 0 saturated heterocycles. The Balaban J connectivity index is 1.85. The summed E-state index contributed by atoms with van der Waals surface area (Å²) in [7, 11) is 0. The number of nitrogens with zero attached hydrogens (tertiary/aromatic N) is 2. The summed E-state index contributed by atoms with van der Waals surface area (Å²) in [6.07, 6.45) is 1.30. The molecule has 4 aromatic rings. The van der Waals surface area contributed by atoms with Crippen LogP contribution in [0.3, 0.4) is 0 Å². The van der Waals surface area contributed by atoms with Gasteiger partial charge in [-0.2, -0.15) is 0 Å². The molecule has 0 spiro atoms.